The van der Waals surface area contributed by atoms with Gasteiger partial charge in [0.05, 0.1) is 18.8 Å². The summed E-state index contributed by atoms with van der Waals surface area (Å²) in [6, 6.07) is 0.635. The van der Waals surface area contributed by atoms with E-state index in [0.29, 0.717) is 24.5 Å². The molecule has 3 heteroatoms. The van der Waals surface area contributed by atoms with Gasteiger partial charge in [-0.05, 0) is 37.5 Å². The minimum absolute atomic E-state index is 0.143. The summed E-state index contributed by atoms with van der Waals surface area (Å²) in [5, 5.41) is 13.3. The third-order valence-electron chi connectivity index (χ3n) is 3.52. The van der Waals surface area contributed by atoms with E-state index in [2.05, 4.69) is 19.2 Å². The third-order valence-corrected chi connectivity index (χ3v) is 3.52. The van der Waals surface area contributed by atoms with Crippen molar-refractivity contribution in [3.05, 3.63) is 0 Å². The molecular weight excluding hydrogens is 202 g/mol. The number of rotatable bonds is 8. The molecule has 2 saturated carbocycles. The van der Waals surface area contributed by atoms with E-state index in [9.17, 15) is 5.11 Å². The van der Waals surface area contributed by atoms with E-state index >= 15 is 0 Å². The SMILES string of the molecule is CC(C)COCC(CO)(NC1CC1)C1CC1. The van der Waals surface area contributed by atoms with E-state index in [-0.39, 0.29) is 12.1 Å². The van der Waals surface area contributed by atoms with Crippen LogP contribution in [-0.2, 0) is 4.74 Å². The van der Waals surface area contributed by atoms with Crippen molar-refractivity contribution in [3.63, 3.8) is 0 Å². The second-order valence-electron chi connectivity index (χ2n) is 5.92. The number of hydrogen-bond donors (Lipinski definition) is 2. The number of aliphatic hydroxyl groups is 1. The molecule has 2 aliphatic rings. The average Bonchev–Trinajstić information content (AvgIpc) is 3.08. The summed E-state index contributed by atoms with van der Waals surface area (Å²) in [6.45, 7) is 5.99. The maximum absolute atomic E-state index is 9.69. The molecule has 0 bridgehead atoms. The first kappa shape index (κ1) is 12.3. The highest BCUT2D eigenvalue weighted by atomic mass is 16.5. The van der Waals surface area contributed by atoms with Crippen molar-refractivity contribution in [2.75, 3.05) is 19.8 Å². The van der Waals surface area contributed by atoms with Crippen molar-refractivity contribution in [2.24, 2.45) is 11.8 Å². The van der Waals surface area contributed by atoms with E-state index in [1.807, 2.05) is 0 Å². The first-order chi connectivity index (χ1) is 7.66. The Bertz CT molecular complexity index is 224. The molecule has 0 heterocycles. The minimum atomic E-state index is -0.143. The van der Waals surface area contributed by atoms with Crippen LogP contribution in [0.25, 0.3) is 0 Å². The molecule has 16 heavy (non-hydrogen) atoms. The van der Waals surface area contributed by atoms with E-state index in [4.69, 9.17) is 4.74 Å². The lowest BCUT2D eigenvalue weighted by Gasteiger charge is -2.33. The number of nitrogens with one attached hydrogen (secondary N) is 1. The van der Waals surface area contributed by atoms with Gasteiger partial charge in [0.2, 0.25) is 0 Å². The van der Waals surface area contributed by atoms with E-state index in [1.165, 1.54) is 25.7 Å². The molecule has 0 spiro atoms. The molecule has 2 rings (SSSR count). The average molecular weight is 227 g/mol. The molecular formula is C13H25NO2. The van der Waals surface area contributed by atoms with Crippen LogP contribution >= 0.6 is 0 Å². The standard InChI is InChI=1S/C13H25NO2/c1-10(2)7-16-9-13(8-15,11-3-4-11)14-12-5-6-12/h10-12,14-15H,3-9H2,1-2H3. The van der Waals surface area contributed by atoms with Gasteiger partial charge in [0.25, 0.3) is 0 Å². The first-order valence-electron chi connectivity index (χ1n) is 6.62. The van der Waals surface area contributed by atoms with Gasteiger partial charge in [-0.1, -0.05) is 13.8 Å². The molecule has 2 N–H and O–H groups in total. The Morgan fingerprint density at radius 1 is 1.31 bits per heavy atom. The molecule has 1 unspecified atom stereocenters. The van der Waals surface area contributed by atoms with Gasteiger partial charge < -0.3 is 15.2 Å². The fourth-order valence-corrected chi connectivity index (χ4v) is 2.24. The highest BCUT2D eigenvalue weighted by Crippen LogP contribution is 2.41. The zero-order valence-electron chi connectivity index (χ0n) is 10.5. The second-order valence-corrected chi connectivity index (χ2v) is 5.92. The van der Waals surface area contributed by atoms with Crippen LogP contribution < -0.4 is 5.32 Å². The largest absolute Gasteiger partial charge is 0.394 e. The van der Waals surface area contributed by atoms with Gasteiger partial charge in [-0.15, -0.1) is 0 Å². The van der Waals surface area contributed by atoms with Crippen LogP contribution in [0.1, 0.15) is 39.5 Å². The van der Waals surface area contributed by atoms with Crippen LogP contribution in [0.3, 0.4) is 0 Å². The maximum atomic E-state index is 9.69. The molecule has 0 radical (unpaired) electrons. The Balaban J connectivity index is 1.84. The van der Waals surface area contributed by atoms with Crippen molar-refractivity contribution in [1.29, 1.82) is 0 Å². The highest BCUT2D eigenvalue weighted by molar-refractivity contribution is 5.04. The summed E-state index contributed by atoms with van der Waals surface area (Å²) in [6.07, 6.45) is 5.01. The fourth-order valence-electron chi connectivity index (χ4n) is 2.24. The Morgan fingerprint density at radius 3 is 2.44 bits per heavy atom. The van der Waals surface area contributed by atoms with E-state index in [1.54, 1.807) is 0 Å². The molecule has 2 aliphatic carbocycles. The van der Waals surface area contributed by atoms with Gasteiger partial charge >= 0.3 is 0 Å². The van der Waals surface area contributed by atoms with Crippen molar-refractivity contribution >= 4 is 0 Å². The Hall–Kier alpha value is -0.120. The van der Waals surface area contributed by atoms with Crippen LogP contribution in [0.4, 0.5) is 0 Å². The van der Waals surface area contributed by atoms with Gasteiger partial charge in [-0.3, -0.25) is 0 Å². The van der Waals surface area contributed by atoms with Crippen LogP contribution in [0.2, 0.25) is 0 Å². The zero-order chi connectivity index (χ0) is 11.6. The highest BCUT2D eigenvalue weighted by Gasteiger charge is 2.47. The summed E-state index contributed by atoms with van der Waals surface area (Å²) >= 11 is 0. The molecule has 3 nitrogen and oxygen atoms in total. The van der Waals surface area contributed by atoms with Crippen LogP contribution in [0.5, 0.6) is 0 Å². The quantitative estimate of drug-likeness (QED) is 0.661. The summed E-state index contributed by atoms with van der Waals surface area (Å²) in [4.78, 5) is 0. The molecule has 0 amide bonds. The van der Waals surface area contributed by atoms with Crippen LogP contribution in [0, 0.1) is 11.8 Å². The van der Waals surface area contributed by atoms with Crippen LogP contribution in [0.15, 0.2) is 0 Å². The smallest absolute Gasteiger partial charge is 0.0681 e. The normalized spacial score (nSPS) is 24.8. The third kappa shape index (κ3) is 3.19. The molecule has 94 valence electrons. The molecule has 1 atom stereocenters. The molecule has 0 aromatic rings. The Kier molecular flexibility index (Phi) is 3.88. The number of aliphatic hydroxyl groups excluding tert-OH is 1. The minimum Gasteiger partial charge on any atom is -0.394 e. The predicted octanol–water partition coefficient (Wildman–Crippen LogP) is 1.55. The molecule has 0 aliphatic heterocycles. The lowest BCUT2D eigenvalue weighted by Crippen LogP contribution is -2.55. The lowest BCUT2D eigenvalue weighted by atomic mass is 9.95. The summed E-state index contributed by atoms with van der Waals surface area (Å²) in [5.41, 5.74) is -0.143. The first-order valence-corrected chi connectivity index (χ1v) is 6.62. The topological polar surface area (TPSA) is 41.5 Å². The van der Waals surface area contributed by atoms with Gasteiger partial charge in [0.15, 0.2) is 0 Å². The summed E-state index contributed by atoms with van der Waals surface area (Å²) in [5.74, 6) is 1.20. The van der Waals surface area contributed by atoms with Gasteiger partial charge in [0, 0.05) is 12.6 Å². The van der Waals surface area contributed by atoms with Gasteiger partial charge in [0.1, 0.15) is 0 Å². The Morgan fingerprint density at radius 2 is 2.00 bits per heavy atom. The number of ether oxygens (including phenoxy) is 1. The van der Waals surface area contributed by atoms with E-state index in [0.717, 1.165) is 6.61 Å². The summed E-state index contributed by atoms with van der Waals surface area (Å²) < 4.78 is 5.76. The number of hydrogen-bond acceptors (Lipinski definition) is 3. The van der Waals surface area contributed by atoms with Crippen LogP contribution in [-0.4, -0.2) is 36.5 Å². The van der Waals surface area contributed by atoms with Gasteiger partial charge in [-0.2, -0.15) is 0 Å². The Labute approximate surface area is 98.6 Å². The van der Waals surface area contributed by atoms with E-state index < -0.39 is 0 Å². The lowest BCUT2D eigenvalue weighted by molar-refractivity contribution is 0.0128. The van der Waals surface area contributed by atoms with Crippen molar-refractivity contribution in [1.82, 2.24) is 5.32 Å². The maximum Gasteiger partial charge on any atom is 0.0681 e. The molecule has 2 fully saturated rings. The fraction of sp³-hybridized carbons (Fsp3) is 1.00. The molecule has 0 aromatic heterocycles. The van der Waals surface area contributed by atoms with Crippen molar-refractivity contribution in [3.8, 4) is 0 Å². The van der Waals surface area contributed by atoms with Crippen molar-refractivity contribution < 1.29 is 9.84 Å². The summed E-state index contributed by atoms with van der Waals surface area (Å²) in [7, 11) is 0. The second kappa shape index (κ2) is 5.03. The zero-order valence-corrected chi connectivity index (χ0v) is 10.5. The molecule has 0 aromatic carbocycles. The van der Waals surface area contributed by atoms with Gasteiger partial charge in [-0.25, -0.2) is 0 Å². The predicted molar refractivity (Wildman–Crippen MR) is 64.4 cm³/mol. The molecule has 0 saturated heterocycles. The monoisotopic (exact) mass is 227 g/mol. The van der Waals surface area contributed by atoms with Crippen molar-refractivity contribution in [2.45, 2.75) is 51.1 Å².